The molecule has 0 radical (unpaired) electrons. The monoisotopic (exact) mass is 489 g/mol. The number of thioether (sulfide) groups is 1. The molecule has 10 heteroatoms. The molecule has 4 bridgehead atoms. The molecular formula is C23H24ClN3O5S. The molecule has 1 N–H and O–H groups in total. The standard InChI is InChI=1S/C23H24ClN3O5S/c24-17-2-1-12(10-18(17)27(31)32)11-19-22(29)26(23(30)33-19)4-3-25-21(28)20-15-6-13-5-14(8-15)9-16(20)7-13/h1-2,10-11,13-16,20H,3-9H2,(H,25,28)/b19-11-. The molecule has 33 heavy (non-hydrogen) atoms. The highest BCUT2D eigenvalue weighted by Gasteiger charge is 2.50. The summed E-state index contributed by atoms with van der Waals surface area (Å²) in [5.74, 6) is 2.19. The third-order valence-corrected chi connectivity index (χ3v) is 8.73. The predicted octanol–water partition coefficient (Wildman–Crippen LogP) is 4.47. The number of benzene rings is 1. The molecule has 0 atom stereocenters. The van der Waals surface area contributed by atoms with Gasteiger partial charge in [-0.3, -0.25) is 29.4 Å². The van der Waals surface area contributed by atoms with E-state index in [4.69, 9.17) is 11.6 Å². The van der Waals surface area contributed by atoms with Crippen molar-refractivity contribution in [3.8, 4) is 0 Å². The van der Waals surface area contributed by atoms with Crippen LogP contribution in [0.5, 0.6) is 0 Å². The van der Waals surface area contributed by atoms with E-state index in [2.05, 4.69) is 5.32 Å². The maximum absolute atomic E-state index is 12.9. The number of nitro benzene ring substituents is 1. The number of halogens is 1. The van der Waals surface area contributed by atoms with Gasteiger partial charge in [-0.2, -0.15) is 0 Å². The summed E-state index contributed by atoms with van der Waals surface area (Å²) < 4.78 is 0. The van der Waals surface area contributed by atoms with Gasteiger partial charge in [0.15, 0.2) is 0 Å². The first-order valence-electron chi connectivity index (χ1n) is 11.3. The van der Waals surface area contributed by atoms with Gasteiger partial charge in [-0.1, -0.05) is 17.7 Å². The van der Waals surface area contributed by atoms with Gasteiger partial charge in [0.2, 0.25) is 5.91 Å². The Morgan fingerprint density at radius 3 is 2.48 bits per heavy atom. The number of carbonyl (C=O) groups excluding carboxylic acids is 3. The van der Waals surface area contributed by atoms with Crippen LogP contribution in [0.25, 0.3) is 6.08 Å². The van der Waals surface area contributed by atoms with Crippen molar-refractivity contribution >= 4 is 52.2 Å². The van der Waals surface area contributed by atoms with Crippen LogP contribution < -0.4 is 5.32 Å². The van der Waals surface area contributed by atoms with Crippen LogP contribution in [-0.4, -0.2) is 40.0 Å². The molecule has 4 aliphatic carbocycles. The summed E-state index contributed by atoms with van der Waals surface area (Å²) >= 11 is 6.61. The molecule has 0 aromatic heterocycles. The Labute approximate surface area is 200 Å². The predicted molar refractivity (Wildman–Crippen MR) is 124 cm³/mol. The molecule has 1 aliphatic heterocycles. The summed E-state index contributed by atoms with van der Waals surface area (Å²) in [5.41, 5.74) is 0.143. The lowest BCUT2D eigenvalue weighted by molar-refractivity contribution is -0.384. The minimum absolute atomic E-state index is 0.000121. The molecule has 0 unspecified atom stereocenters. The average Bonchev–Trinajstić information content (AvgIpc) is 3.01. The number of hydrogen-bond acceptors (Lipinski definition) is 6. The van der Waals surface area contributed by atoms with Gasteiger partial charge in [0.1, 0.15) is 5.02 Å². The Kier molecular flexibility index (Phi) is 5.95. The Hall–Kier alpha value is -2.39. The quantitative estimate of drug-likeness (QED) is 0.358. The first kappa shape index (κ1) is 22.4. The van der Waals surface area contributed by atoms with Crippen molar-refractivity contribution in [3.05, 3.63) is 43.8 Å². The van der Waals surface area contributed by atoms with E-state index in [0.717, 1.165) is 54.2 Å². The van der Waals surface area contributed by atoms with Crippen LogP contribution in [0.2, 0.25) is 5.02 Å². The van der Waals surface area contributed by atoms with Crippen molar-refractivity contribution in [2.45, 2.75) is 32.1 Å². The molecule has 1 aromatic carbocycles. The first-order valence-corrected chi connectivity index (χ1v) is 12.5. The zero-order valence-corrected chi connectivity index (χ0v) is 19.4. The lowest BCUT2D eigenvalue weighted by atomic mass is 9.51. The first-order chi connectivity index (χ1) is 15.8. The topological polar surface area (TPSA) is 110 Å². The summed E-state index contributed by atoms with van der Waals surface area (Å²) in [6.07, 6.45) is 7.39. The average molecular weight is 490 g/mol. The maximum Gasteiger partial charge on any atom is 0.293 e. The smallest absolute Gasteiger partial charge is 0.293 e. The third-order valence-electron chi connectivity index (χ3n) is 7.50. The molecular weight excluding hydrogens is 466 g/mol. The molecule has 5 aliphatic rings. The zero-order chi connectivity index (χ0) is 23.3. The van der Waals surface area contributed by atoms with E-state index in [1.165, 1.54) is 24.6 Å². The van der Waals surface area contributed by atoms with Gasteiger partial charge in [-0.15, -0.1) is 0 Å². The van der Waals surface area contributed by atoms with Crippen molar-refractivity contribution in [3.63, 3.8) is 0 Å². The molecule has 5 fully saturated rings. The number of rotatable bonds is 6. The van der Waals surface area contributed by atoms with Crippen LogP contribution in [0, 0.1) is 39.7 Å². The number of imide groups is 1. The largest absolute Gasteiger partial charge is 0.354 e. The Morgan fingerprint density at radius 1 is 1.18 bits per heavy atom. The fourth-order valence-corrected chi connectivity index (χ4v) is 7.42. The van der Waals surface area contributed by atoms with Crippen LogP contribution in [-0.2, 0) is 9.59 Å². The SMILES string of the molecule is O=C(NCCN1C(=O)S/C(=C\c2ccc(Cl)c([N+](=O)[O-])c2)C1=O)C1C2CC3CC(C2)CC1C3. The molecule has 6 rings (SSSR count). The minimum Gasteiger partial charge on any atom is -0.354 e. The van der Waals surface area contributed by atoms with Crippen molar-refractivity contribution in [1.29, 1.82) is 0 Å². The Morgan fingerprint density at radius 2 is 1.85 bits per heavy atom. The van der Waals surface area contributed by atoms with Crippen molar-refractivity contribution in [1.82, 2.24) is 10.2 Å². The van der Waals surface area contributed by atoms with E-state index >= 15 is 0 Å². The van der Waals surface area contributed by atoms with Crippen LogP contribution in [0.1, 0.15) is 37.7 Å². The van der Waals surface area contributed by atoms with E-state index in [1.54, 1.807) is 6.07 Å². The van der Waals surface area contributed by atoms with Crippen LogP contribution in [0.15, 0.2) is 23.1 Å². The van der Waals surface area contributed by atoms with Crippen LogP contribution >= 0.6 is 23.4 Å². The molecule has 1 heterocycles. The van der Waals surface area contributed by atoms with Gasteiger partial charge >= 0.3 is 0 Å². The molecule has 4 saturated carbocycles. The molecule has 0 spiro atoms. The van der Waals surface area contributed by atoms with Gasteiger partial charge in [0, 0.05) is 25.1 Å². The van der Waals surface area contributed by atoms with Crippen molar-refractivity contribution in [2.24, 2.45) is 29.6 Å². The zero-order valence-electron chi connectivity index (χ0n) is 17.9. The Bertz CT molecular complexity index is 1050. The number of carbonyl (C=O) groups is 3. The summed E-state index contributed by atoms with van der Waals surface area (Å²) in [6, 6.07) is 4.20. The fraction of sp³-hybridized carbons (Fsp3) is 0.522. The lowest BCUT2D eigenvalue weighted by Gasteiger charge is -2.53. The number of hydrogen-bond donors (Lipinski definition) is 1. The second-order valence-corrected chi connectivity index (χ2v) is 10.9. The highest BCUT2D eigenvalue weighted by Crippen LogP contribution is 2.56. The highest BCUT2D eigenvalue weighted by atomic mass is 35.5. The Balaban J connectivity index is 1.19. The number of nitrogens with zero attached hydrogens (tertiary/aromatic N) is 2. The third kappa shape index (κ3) is 4.28. The number of nitro groups is 1. The van der Waals surface area contributed by atoms with Gasteiger partial charge in [-0.25, -0.2) is 0 Å². The van der Waals surface area contributed by atoms with Crippen molar-refractivity contribution in [2.75, 3.05) is 13.1 Å². The van der Waals surface area contributed by atoms with E-state index in [0.29, 0.717) is 17.4 Å². The van der Waals surface area contributed by atoms with Gasteiger partial charge in [0.25, 0.3) is 16.8 Å². The number of amides is 3. The van der Waals surface area contributed by atoms with Crippen LogP contribution in [0.4, 0.5) is 10.5 Å². The van der Waals surface area contributed by atoms with E-state index < -0.39 is 16.1 Å². The van der Waals surface area contributed by atoms with E-state index in [9.17, 15) is 24.5 Å². The number of nitrogens with one attached hydrogen (secondary N) is 1. The van der Waals surface area contributed by atoms with E-state index in [1.807, 2.05) is 0 Å². The fourth-order valence-electron chi connectivity index (χ4n) is 6.37. The summed E-state index contributed by atoms with van der Waals surface area (Å²) in [5, 5.41) is 13.6. The summed E-state index contributed by atoms with van der Waals surface area (Å²) in [6.45, 7) is 0.321. The van der Waals surface area contributed by atoms with Gasteiger partial charge < -0.3 is 5.32 Å². The maximum atomic E-state index is 12.9. The second kappa shape index (κ2) is 8.76. The summed E-state index contributed by atoms with van der Waals surface area (Å²) in [7, 11) is 0. The molecule has 3 amide bonds. The minimum atomic E-state index is -0.600. The van der Waals surface area contributed by atoms with Gasteiger partial charge in [-0.05, 0) is 85.2 Å². The lowest BCUT2D eigenvalue weighted by Crippen LogP contribution is -2.51. The van der Waals surface area contributed by atoms with Gasteiger partial charge in [0.05, 0.1) is 9.83 Å². The van der Waals surface area contributed by atoms with Crippen molar-refractivity contribution < 1.29 is 19.3 Å². The summed E-state index contributed by atoms with van der Waals surface area (Å²) in [4.78, 5) is 49.8. The highest BCUT2D eigenvalue weighted by molar-refractivity contribution is 8.18. The molecule has 174 valence electrons. The second-order valence-electron chi connectivity index (χ2n) is 9.55. The van der Waals surface area contributed by atoms with E-state index in [-0.39, 0.29) is 40.5 Å². The molecule has 1 aromatic rings. The normalized spacial score (nSPS) is 31.5. The molecule has 8 nitrogen and oxygen atoms in total. The van der Waals surface area contributed by atoms with Crippen LogP contribution in [0.3, 0.4) is 0 Å². The molecule has 1 saturated heterocycles.